The molecule has 0 N–H and O–H groups in total. The van der Waals surface area contributed by atoms with Gasteiger partial charge in [0.15, 0.2) is 0 Å². The molecule has 0 saturated carbocycles. The van der Waals surface area contributed by atoms with Crippen LogP contribution in [0.4, 0.5) is 0 Å². The summed E-state index contributed by atoms with van der Waals surface area (Å²) >= 11 is 3.58. The van der Waals surface area contributed by atoms with Crippen LogP contribution in [-0.4, -0.2) is 23.0 Å². The van der Waals surface area contributed by atoms with Gasteiger partial charge < -0.3 is 0 Å². The second-order valence-electron chi connectivity index (χ2n) is 5.48. The topological polar surface area (TPSA) is 16.1 Å². The predicted octanol–water partition coefficient (Wildman–Crippen LogP) is 4.22. The van der Waals surface area contributed by atoms with Crippen LogP contribution in [-0.2, 0) is 6.54 Å². The summed E-state index contributed by atoms with van der Waals surface area (Å²) in [5.41, 5.74) is 2.81. The zero-order valence-electron chi connectivity index (χ0n) is 11.5. The number of rotatable bonds is 3. The maximum atomic E-state index is 4.09. The highest BCUT2D eigenvalue weighted by Gasteiger charge is 2.21. The lowest BCUT2D eigenvalue weighted by Gasteiger charge is -2.33. The molecule has 0 bridgehead atoms. The third-order valence-corrected chi connectivity index (χ3v) is 4.47. The third-order valence-electron chi connectivity index (χ3n) is 3.98. The first-order valence-electron chi connectivity index (χ1n) is 7.18. The summed E-state index contributed by atoms with van der Waals surface area (Å²) in [6, 6.07) is 13.0. The van der Waals surface area contributed by atoms with Crippen molar-refractivity contribution in [3.05, 3.63) is 64.4 Å². The van der Waals surface area contributed by atoms with Crippen LogP contribution in [0.15, 0.2) is 53.3 Å². The molecule has 2 aromatic rings. The minimum atomic E-state index is 0.656. The lowest BCUT2D eigenvalue weighted by atomic mass is 9.90. The van der Waals surface area contributed by atoms with Gasteiger partial charge >= 0.3 is 0 Å². The van der Waals surface area contributed by atoms with Crippen molar-refractivity contribution in [3.8, 4) is 0 Å². The molecule has 104 valence electrons. The van der Waals surface area contributed by atoms with E-state index in [1.54, 1.807) is 0 Å². The predicted molar refractivity (Wildman–Crippen MR) is 85.6 cm³/mol. The molecule has 2 nitrogen and oxygen atoms in total. The van der Waals surface area contributed by atoms with Gasteiger partial charge in [0.05, 0.1) is 0 Å². The Bertz CT molecular complexity index is 556. The van der Waals surface area contributed by atoms with Crippen LogP contribution in [0.1, 0.15) is 29.9 Å². The van der Waals surface area contributed by atoms with E-state index < -0.39 is 0 Å². The number of likely N-dealkylation sites (tertiary alicyclic amines) is 1. The molecule has 1 aliphatic heterocycles. The van der Waals surface area contributed by atoms with Crippen molar-refractivity contribution in [2.24, 2.45) is 0 Å². The first-order chi connectivity index (χ1) is 9.81. The van der Waals surface area contributed by atoms with E-state index in [2.05, 4.69) is 62.2 Å². The Labute approximate surface area is 129 Å². The highest BCUT2D eigenvalue weighted by atomic mass is 79.9. The smallest absolute Gasteiger partial charge is 0.0271 e. The van der Waals surface area contributed by atoms with E-state index in [1.165, 1.54) is 35.0 Å². The van der Waals surface area contributed by atoms with Crippen molar-refractivity contribution in [1.29, 1.82) is 0 Å². The zero-order valence-corrected chi connectivity index (χ0v) is 13.1. The van der Waals surface area contributed by atoms with E-state index in [1.807, 2.05) is 12.4 Å². The zero-order chi connectivity index (χ0) is 13.8. The Morgan fingerprint density at radius 3 is 2.85 bits per heavy atom. The molecule has 3 heteroatoms. The Morgan fingerprint density at radius 1 is 1.20 bits per heavy atom. The van der Waals surface area contributed by atoms with Gasteiger partial charge in [0, 0.05) is 30.0 Å². The highest BCUT2D eigenvalue weighted by Crippen LogP contribution is 2.29. The van der Waals surface area contributed by atoms with E-state index in [0.717, 1.165) is 13.1 Å². The molecule has 2 heterocycles. The summed E-state index contributed by atoms with van der Waals surface area (Å²) < 4.78 is 1.18. The number of benzene rings is 1. The fraction of sp³-hybridized carbons (Fsp3) is 0.353. The second kappa shape index (κ2) is 6.51. The molecule has 1 saturated heterocycles. The van der Waals surface area contributed by atoms with Crippen LogP contribution < -0.4 is 0 Å². The minimum absolute atomic E-state index is 0.656. The van der Waals surface area contributed by atoms with Crippen LogP contribution in [0.2, 0.25) is 0 Å². The lowest BCUT2D eigenvalue weighted by molar-refractivity contribution is 0.200. The molecule has 1 fully saturated rings. The van der Waals surface area contributed by atoms with Crippen molar-refractivity contribution in [2.45, 2.75) is 25.3 Å². The highest BCUT2D eigenvalue weighted by molar-refractivity contribution is 9.10. The van der Waals surface area contributed by atoms with Gasteiger partial charge in [-0.1, -0.05) is 28.1 Å². The first kappa shape index (κ1) is 13.8. The fourth-order valence-corrected chi connectivity index (χ4v) is 3.40. The molecule has 0 aliphatic carbocycles. The van der Waals surface area contributed by atoms with Crippen molar-refractivity contribution >= 4 is 15.9 Å². The van der Waals surface area contributed by atoms with Crippen molar-refractivity contribution in [3.63, 3.8) is 0 Å². The van der Waals surface area contributed by atoms with Gasteiger partial charge in [-0.25, -0.2) is 0 Å². The second-order valence-corrected chi connectivity index (χ2v) is 6.40. The van der Waals surface area contributed by atoms with Crippen molar-refractivity contribution in [1.82, 2.24) is 9.88 Å². The van der Waals surface area contributed by atoms with Gasteiger partial charge in [-0.2, -0.15) is 0 Å². The molecule has 0 radical (unpaired) electrons. The standard InChI is InChI=1S/C17H19BrN2/c18-17-5-1-3-15(11-17)16-4-2-10-20(13-16)12-14-6-8-19-9-7-14/h1,3,5-9,11,16H,2,4,10,12-13H2. The Kier molecular flexibility index (Phi) is 4.48. The number of halogens is 1. The SMILES string of the molecule is Brc1cccc(C2CCCN(Cc3ccncc3)C2)c1. The Balaban J connectivity index is 1.67. The molecule has 3 rings (SSSR count). The molecule has 1 atom stereocenters. The molecule has 1 aromatic heterocycles. The van der Waals surface area contributed by atoms with Gasteiger partial charge in [0.2, 0.25) is 0 Å². The number of hydrogen-bond acceptors (Lipinski definition) is 2. The molecule has 1 unspecified atom stereocenters. The van der Waals surface area contributed by atoms with E-state index in [9.17, 15) is 0 Å². The van der Waals surface area contributed by atoms with Gasteiger partial charge in [-0.15, -0.1) is 0 Å². The summed E-state index contributed by atoms with van der Waals surface area (Å²) in [7, 11) is 0. The van der Waals surface area contributed by atoms with Crippen LogP contribution >= 0.6 is 15.9 Å². The molecule has 1 aliphatic rings. The van der Waals surface area contributed by atoms with Crippen molar-refractivity contribution < 1.29 is 0 Å². The Hall–Kier alpha value is -1.19. The van der Waals surface area contributed by atoms with E-state index in [-0.39, 0.29) is 0 Å². The molecule has 0 spiro atoms. The molecule has 20 heavy (non-hydrogen) atoms. The normalized spacial score (nSPS) is 19.9. The summed E-state index contributed by atoms with van der Waals surface area (Å²) in [4.78, 5) is 6.65. The summed E-state index contributed by atoms with van der Waals surface area (Å²) in [5, 5.41) is 0. The molecule has 1 aromatic carbocycles. The van der Waals surface area contributed by atoms with Crippen LogP contribution in [0.5, 0.6) is 0 Å². The van der Waals surface area contributed by atoms with E-state index in [0.29, 0.717) is 5.92 Å². The summed E-state index contributed by atoms with van der Waals surface area (Å²) in [5.74, 6) is 0.656. The third kappa shape index (κ3) is 3.47. The van der Waals surface area contributed by atoms with Gasteiger partial charge in [0.1, 0.15) is 0 Å². The van der Waals surface area contributed by atoms with Gasteiger partial charge in [-0.3, -0.25) is 9.88 Å². The quantitative estimate of drug-likeness (QED) is 0.837. The maximum absolute atomic E-state index is 4.09. The number of hydrogen-bond donors (Lipinski definition) is 0. The lowest BCUT2D eigenvalue weighted by Crippen LogP contribution is -2.33. The summed E-state index contributed by atoms with van der Waals surface area (Å²) in [6.07, 6.45) is 6.34. The first-order valence-corrected chi connectivity index (χ1v) is 7.97. The van der Waals surface area contributed by atoms with Crippen LogP contribution in [0.25, 0.3) is 0 Å². The van der Waals surface area contributed by atoms with Crippen LogP contribution in [0.3, 0.4) is 0 Å². The van der Waals surface area contributed by atoms with E-state index in [4.69, 9.17) is 0 Å². The average Bonchev–Trinajstić information content (AvgIpc) is 2.49. The number of piperidine rings is 1. The van der Waals surface area contributed by atoms with Gasteiger partial charge in [0.25, 0.3) is 0 Å². The number of aromatic nitrogens is 1. The minimum Gasteiger partial charge on any atom is -0.298 e. The summed E-state index contributed by atoms with van der Waals surface area (Å²) in [6.45, 7) is 3.39. The average molecular weight is 331 g/mol. The van der Waals surface area contributed by atoms with E-state index >= 15 is 0 Å². The maximum Gasteiger partial charge on any atom is 0.0271 e. The monoisotopic (exact) mass is 330 g/mol. The molecular weight excluding hydrogens is 312 g/mol. The number of nitrogens with zero attached hydrogens (tertiary/aromatic N) is 2. The van der Waals surface area contributed by atoms with Crippen LogP contribution in [0, 0.1) is 0 Å². The molecular formula is C17H19BrN2. The molecule has 0 amide bonds. The van der Waals surface area contributed by atoms with Gasteiger partial charge in [-0.05, 0) is 60.7 Å². The fourth-order valence-electron chi connectivity index (χ4n) is 2.98. The largest absolute Gasteiger partial charge is 0.298 e. The number of pyridine rings is 1. The van der Waals surface area contributed by atoms with Crippen molar-refractivity contribution in [2.75, 3.05) is 13.1 Å². The Morgan fingerprint density at radius 2 is 2.05 bits per heavy atom.